The third kappa shape index (κ3) is 5.43. The summed E-state index contributed by atoms with van der Waals surface area (Å²) >= 11 is 2.86. The number of hydrogen-bond acceptors (Lipinski definition) is 7. The van der Waals surface area contributed by atoms with E-state index in [9.17, 15) is 9.59 Å². The summed E-state index contributed by atoms with van der Waals surface area (Å²) in [6, 6.07) is 0. The van der Waals surface area contributed by atoms with Crippen molar-refractivity contribution >= 4 is 39.2 Å². The summed E-state index contributed by atoms with van der Waals surface area (Å²) in [6.45, 7) is 10.8. The largest absolute Gasteiger partial charge is 0.382 e. The zero-order chi connectivity index (χ0) is 21.7. The summed E-state index contributed by atoms with van der Waals surface area (Å²) in [6.07, 6.45) is 2.85. The number of nitrogens with zero attached hydrogens (tertiary/aromatic N) is 2. The number of hydrogen-bond donors (Lipinski definition) is 1. The van der Waals surface area contributed by atoms with Crippen LogP contribution in [0.2, 0.25) is 0 Å². The van der Waals surface area contributed by atoms with Gasteiger partial charge in [-0.3, -0.25) is 14.2 Å². The van der Waals surface area contributed by atoms with E-state index in [0.29, 0.717) is 36.8 Å². The van der Waals surface area contributed by atoms with Crippen LogP contribution in [0.25, 0.3) is 10.2 Å². The highest BCUT2D eigenvalue weighted by Gasteiger charge is 2.23. The Morgan fingerprint density at radius 3 is 2.97 bits per heavy atom. The first-order chi connectivity index (χ1) is 14.4. The van der Waals surface area contributed by atoms with Gasteiger partial charge in [-0.25, -0.2) is 4.98 Å². The zero-order valence-electron chi connectivity index (χ0n) is 18.2. The molecule has 3 rings (SSSR count). The van der Waals surface area contributed by atoms with E-state index in [0.717, 1.165) is 41.1 Å². The summed E-state index contributed by atoms with van der Waals surface area (Å²) in [5.41, 5.74) is 0.956. The molecule has 0 spiro atoms. The molecule has 2 aromatic rings. The lowest BCUT2D eigenvalue weighted by atomic mass is 10.2. The lowest BCUT2D eigenvalue weighted by molar-refractivity contribution is -0.120. The van der Waals surface area contributed by atoms with Gasteiger partial charge in [-0.1, -0.05) is 11.8 Å². The number of ether oxygens (including phenoxy) is 2. The van der Waals surface area contributed by atoms with Gasteiger partial charge in [0.05, 0.1) is 16.7 Å². The highest BCUT2D eigenvalue weighted by atomic mass is 32.2. The Labute approximate surface area is 185 Å². The summed E-state index contributed by atoms with van der Waals surface area (Å²) in [7, 11) is 0. The molecule has 3 heterocycles. The number of nitrogens with one attached hydrogen (secondary N) is 1. The molecule has 1 aliphatic rings. The predicted octanol–water partition coefficient (Wildman–Crippen LogP) is 3.28. The van der Waals surface area contributed by atoms with Gasteiger partial charge in [-0.05, 0) is 52.5 Å². The molecular weight excluding hydrogens is 422 g/mol. The van der Waals surface area contributed by atoms with Gasteiger partial charge in [0, 0.05) is 37.8 Å². The minimum atomic E-state index is -0.365. The van der Waals surface area contributed by atoms with Crippen molar-refractivity contribution in [1.29, 1.82) is 0 Å². The second kappa shape index (κ2) is 10.7. The average molecular weight is 454 g/mol. The van der Waals surface area contributed by atoms with Crippen molar-refractivity contribution in [1.82, 2.24) is 14.9 Å². The van der Waals surface area contributed by atoms with Crippen molar-refractivity contribution in [3.63, 3.8) is 0 Å². The van der Waals surface area contributed by atoms with Crippen molar-refractivity contribution in [3.05, 3.63) is 20.8 Å². The topological polar surface area (TPSA) is 82.4 Å². The van der Waals surface area contributed by atoms with Gasteiger partial charge in [0.15, 0.2) is 5.16 Å². The second-order valence-corrected chi connectivity index (χ2v) is 10.0. The molecule has 0 saturated carbocycles. The zero-order valence-corrected chi connectivity index (χ0v) is 19.8. The highest BCUT2D eigenvalue weighted by molar-refractivity contribution is 8.00. The number of aromatic nitrogens is 2. The van der Waals surface area contributed by atoms with Crippen molar-refractivity contribution in [2.75, 3.05) is 26.4 Å². The van der Waals surface area contributed by atoms with Crippen LogP contribution in [0, 0.1) is 13.8 Å². The molecule has 1 amide bonds. The third-order valence-electron chi connectivity index (χ3n) is 5.31. The molecule has 0 aromatic carbocycles. The molecule has 1 saturated heterocycles. The number of aryl methyl sites for hydroxylation is 2. The Morgan fingerprint density at radius 1 is 1.47 bits per heavy atom. The standard InChI is InChI=1S/C21H31N3O4S2/c1-5-27-10-7-9-24-20(26)17-13(2)14(3)29-19(17)23-21(24)30-15(4)18(25)22-12-16-8-6-11-28-16/h15-16H,5-12H2,1-4H3,(H,22,25)/t15-,16+/m1/s1. The van der Waals surface area contributed by atoms with E-state index < -0.39 is 0 Å². The Kier molecular flexibility index (Phi) is 8.33. The van der Waals surface area contributed by atoms with Crippen molar-refractivity contribution < 1.29 is 14.3 Å². The molecule has 0 unspecified atom stereocenters. The molecule has 30 heavy (non-hydrogen) atoms. The molecule has 1 fully saturated rings. The summed E-state index contributed by atoms with van der Waals surface area (Å²) < 4.78 is 12.7. The fourth-order valence-electron chi connectivity index (χ4n) is 3.44. The quantitative estimate of drug-likeness (QED) is 0.338. The summed E-state index contributed by atoms with van der Waals surface area (Å²) in [4.78, 5) is 32.5. The number of thiophene rings is 1. The third-order valence-corrected chi connectivity index (χ3v) is 7.50. The van der Waals surface area contributed by atoms with Gasteiger partial charge in [-0.2, -0.15) is 0 Å². The number of thioether (sulfide) groups is 1. The molecule has 1 aliphatic heterocycles. The molecular formula is C21H31N3O4S2. The second-order valence-electron chi connectivity index (χ2n) is 7.51. The van der Waals surface area contributed by atoms with E-state index in [1.807, 2.05) is 27.7 Å². The first kappa shape index (κ1) is 23.2. The summed E-state index contributed by atoms with van der Waals surface area (Å²) in [5.74, 6) is -0.0655. The fraction of sp³-hybridized carbons (Fsp3) is 0.667. The van der Waals surface area contributed by atoms with E-state index in [2.05, 4.69) is 5.32 Å². The van der Waals surface area contributed by atoms with Crippen LogP contribution in [0.4, 0.5) is 0 Å². The monoisotopic (exact) mass is 453 g/mol. The first-order valence-electron chi connectivity index (χ1n) is 10.6. The molecule has 166 valence electrons. The SMILES string of the molecule is CCOCCCn1c(S[C@H](C)C(=O)NC[C@@H]2CCCO2)nc2sc(C)c(C)c2c1=O. The van der Waals surface area contributed by atoms with Crippen molar-refractivity contribution in [2.24, 2.45) is 0 Å². The van der Waals surface area contributed by atoms with Crippen LogP contribution >= 0.6 is 23.1 Å². The highest BCUT2D eigenvalue weighted by Crippen LogP contribution is 2.29. The van der Waals surface area contributed by atoms with Crippen molar-refractivity contribution in [3.8, 4) is 0 Å². The van der Waals surface area contributed by atoms with Crippen molar-refractivity contribution in [2.45, 2.75) is 70.0 Å². The Hall–Kier alpha value is -1.42. The van der Waals surface area contributed by atoms with Gasteiger partial charge >= 0.3 is 0 Å². The van der Waals surface area contributed by atoms with Crippen LogP contribution in [0.15, 0.2) is 9.95 Å². The lowest BCUT2D eigenvalue weighted by Crippen LogP contribution is -2.37. The van der Waals surface area contributed by atoms with Gasteiger partial charge in [0.25, 0.3) is 5.56 Å². The first-order valence-corrected chi connectivity index (χ1v) is 12.3. The van der Waals surface area contributed by atoms with Gasteiger partial charge in [0.2, 0.25) is 5.91 Å². The van der Waals surface area contributed by atoms with Crippen LogP contribution in [-0.4, -0.2) is 53.2 Å². The van der Waals surface area contributed by atoms with Crippen LogP contribution < -0.4 is 10.9 Å². The van der Waals surface area contributed by atoms with E-state index >= 15 is 0 Å². The van der Waals surface area contributed by atoms with Crippen LogP contribution in [0.5, 0.6) is 0 Å². The summed E-state index contributed by atoms with van der Waals surface area (Å²) in [5, 5.41) is 3.88. The maximum atomic E-state index is 13.3. The Balaban J connectivity index is 1.79. The lowest BCUT2D eigenvalue weighted by Gasteiger charge is -2.17. The number of amides is 1. The minimum Gasteiger partial charge on any atom is -0.382 e. The van der Waals surface area contributed by atoms with E-state index in [4.69, 9.17) is 14.5 Å². The van der Waals surface area contributed by atoms with Gasteiger partial charge in [0.1, 0.15) is 4.83 Å². The fourth-order valence-corrected chi connectivity index (χ4v) is 5.47. The number of fused-ring (bicyclic) bond motifs is 1. The maximum Gasteiger partial charge on any atom is 0.263 e. The molecule has 0 aliphatic carbocycles. The maximum absolute atomic E-state index is 13.3. The molecule has 1 N–H and O–H groups in total. The Bertz CT molecular complexity index is 934. The van der Waals surface area contributed by atoms with Gasteiger partial charge < -0.3 is 14.8 Å². The van der Waals surface area contributed by atoms with E-state index in [-0.39, 0.29) is 22.8 Å². The Morgan fingerprint density at radius 2 is 2.27 bits per heavy atom. The van der Waals surface area contributed by atoms with Gasteiger partial charge in [-0.15, -0.1) is 11.3 Å². The minimum absolute atomic E-state index is 0.0344. The molecule has 0 bridgehead atoms. The van der Waals surface area contributed by atoms with E-state index in [1.165, 1.54) is 23.1 Å². The molecule has 2 atom stereocenters. The average Bonchev–Trinajstić information content (AvgIpc) is 3.33. The molecule has 0 radical (unpaired) electrons. The normalized spacial score (nSPS) is 17.5. The molecule has 9 heteroatoms. The number of carbonyl (C=O) groups excluding carboxylic acids is 1. The van der Waals surface area contributed by atoms with Crippen LogP contribution in [-0.2, 0) is 20.8 Å². The smallest absolute Gasteiger partial charge is 0.263 e. The van der Waals surface area contributed by atoms with E-state index in [1.54, 1.807) is 4.57 Å². The number of rotatable bonds is 10. The predicted molar refractivity (Wildman–Crippen MR) is 122 cm³/mol. The molecule has 7 nitrogen and oxygen atoms in total. The molecule has 2 aromatic heterocycles. The van der Waals surface area contributed by atoms with Crippen LogP contribution in [0.3, 0.4) is 0 Å². The number of carbonyl (C=O) groups is 1. The van der Waals surface area contributed by atoms with Crippen LogP contribution in [0.1, 0.15) is 43.6 Å².